The first-order valence-corrected chi connectivity index (χ1v) is 11.4. The number of Topliss-reactive ketones (excluding diaryl/α,β-unsaturated/α-hetero) is 1. The van der Waals surface area contributed by atoms with Gasteiger partial charge < -0.3 is 9.47 Å². The fourth-order valence-electron chi connectivity index (χ4n) is 4.87. The van der Waals surface area contributed by atoms with Crippen LogP contribution in [0.2, 0.25) is 0 Å². The zero-order valence-electron chi connectivity index (χ0n) is 19.0. The van der Waals surface area contributed by atoms with E-state index in [-0.39, 0.29) is 41.9 Å². The summed E-state index contributed by atoms with van der Waals surface area (Å²) in [6, 6.07) is 9.61. The number of ether oxygens (including phenoxy) is 2. The number of methoxy groups -OCH3 is 1. The topological polar surface area (TPSA) is 53.4 Å². The Bertz CT molecular complexity index is 949. The predicted octanol–water partition coefficient (Wildman–Crippen LogP) is 4.98. The fourth-order valence-corrected chi connectivity index (χ4v) is 4.87. The molecule has 0 spiro atoms. The number of alkyl halides is 2. The van der Waals surface area contributed by atoms with E-state index in [0.717, 1.165) is 37.3 Å². The highest BCUT2D eigenvalue weighted by Crippen LogP contribution is 2.44. The van der Waals surface area contributed by atoms with Crippen molar-refractivity contribution in [3.63, 3.8) is 0 Å². The number of rotatable bonds is 10. The van der Waals surface area contributed by atoms with Crippen molar-refractivity contribution < 1.29 is 23.0 Å². The third kappa shape index (κ3) is 5.09. The van der Waals surface area contributed by atoms with Gasteiger partial charge in [-0.15, -0.1) is 0 Å². The van der Waals surface area contributed by atoms with Gasteiger partial charge in [0.1, 0.15) is 12.2 Å². The van der Waals surface area contributed by atoms with Gasteiger partial charge in [-0.05, 0) is 44.2 Å². The van der Waals surface area contributed by atoms with Crippen LogP contribution in [0.3, 0.4) is 0 Å². The number of ketones is 1. The molecule has 2 aliphatic rings. The van der Waals surface area contributed by atoms with Crippen molar-refractivity contribution in [1.82, 2.24) is 9.78 Å². The van der Waals surface area contributed by atoms with Crippen LogP contribution in [0.4, 0.5) is 8.78 Å². The number of carbonyl (C=O) groups is 1. The number of nitrogens with zero attached hydrogens (tertiary/aromatic N) is 2. The van der Waals surface area contributed by atoms with Crippen molar-refractivity contribution in [2.45, 2.75) is 69.9 Å². The third-order valence-electron chi connectivity index (χ3n) is 6.61. The second-order valence-electron chi connectivity index (χ2n) is 9.27. The largest absolute Gasteiger partial charge is 0.382 e. The van der Waals surface area contributed by atoms with Gasteiger partial charge in [-0.25, -0.2) is 0 Å². The number of aryl methyl sites for hydroxylation is 1. The summed E-state index contributed by atoms with van der Waals surface area (Å²) in [4.78, 5) is 13.4. The summed E-state index contributed by atoms with van der Waals surface area (Å²) < 4.78 is 40.9. The molecular formula is C25H32F2N2O3. The van der Waals surface area contributed by atoms with Crippen LogP contribution in [-0.4, -0.2) is 42.0 Å². The highest BCUT2D eigenvalue weighted by atomic mass is 19.3. The van der Waals surface area contributed by atoms with Gasteiger partial charge in [0.25, 0.3) is 5.92 Å². The third-order valence-corrected chi connectivity index (χ3v) is 6.61. The molecule has 0 bridgehead atoms. The SMILES string of the molecule is COCCO[C@@H]1CCC(C(=O)Cn2nc(C3CC3)cc2C(C)(F)F)C1c1cccc(C)c1. The molecule has 3 atom stereocenters. The van der Waals surface area contributed by atoms with Gasteiger partial charge in [0.05, 0.1) is 25.0 Å². The summed E-state index contributed by atoms with van der Waals surface area (Å²) >= 11 is 0. The second-order valence-corrected chi connectivity index (χ2v) is 9.27. The standard InChI is InChI=1S/C25H32F2N2O3/c1-16-5-4-6-18(13-16)24-19(9-10-22(24)32-12-11-31-3)21(30)15-29-23(25(2,26)27)14-20(28-29)17-7-8-17/h4-6,13-14,17,19,22,24H,7-12,15H2,1-3H3/t19?,22-,24?/m1/s1. The number of carbonyl (C=O) groups excluding carboxylic acids is 1. The Morgan fingerprint density at radius 1 is 1.19 bits per heavy atom. The van der Waals surface area contributed by atoms with E-state index in [4.69, 9.17) is 9.47 Å². The van der Waals surface area contributed by atoms with Gasteiger partial charge in [0.15, 0.2) is 5.78 Å². The molecule has 7 heteroatoms. The summed E-state index contributed by atoms with van der Waals surface area (Å²) in [6.45, 7) is 3.70. The number of benzene rings is 1. The first kappa shape index (κ1) is 23.1. The van der Waals surface area contributed by atoms with Crippen molar-refractivity contribution in [3.8, 4) is 0 Å². The second kappa shape index (κ2) is 9.40. The number of hydrogen-bond donors (Lipinski definition) is 0. The molecule has 2 fully saturated rings. The van der Waals surface area contributed by atoms with Gasteiger partial charge in [0, 0.05) is 31.8 Å². The van der Waals surface area contributed by atoms with E-state index in [1.165, 1.54) is 10.7 Å². The summed E-state index contributed by atoms with van der Waals surface area (Å²) in [5.74, 6) is -3.26. The molecule has 174 valence electrons. The number of aromatic nitrogens is 2. The minimum atomic E-state index is -3.04. The monoisotopic (exact) mass is 446 g/mol. The Hall–Kier alpha value is -2.12. The van der Waals surface area contributed by atoms with Crippen molar-refractivity contribution in [2.75, 3.05) is 20.3 Å². The quantitative estimate of drug-likeness (QED) is 0.483. The molecule has 4 rings (SSSR count). The molecule has 32 heavy (non-hydrogen) atoms. The van der Waals surface area contributed by atoms with Crippen LogP contribution in [-0.2, 0) is 26.7 Å². The highest BCUT2D eigenvalue weighted by Gasteiger charge is 2.42. The lowest BCUT2D eigenvalue weighted by Gasteiger charge is -2.26. The predicted molar refractivity (Wildman–Crippen MR) is 117 cm³/mol. The smallest absolute Gasteiger partial charge is 0.286 e. The lowest BCUT2D eigenvalue weighted by molar-refractivity contribution is -0.124. The highest BCUT2D eigenvalue weighted by molar-refractivity contribution is 5.82. The molecule has 5 nitrogen and oxygen atoms in total. The van der Waals surface area contributed by atoms with Crippen LogP contribution < -0.4 is 0 Å². The minimum absolute atomic E-state index is 0.0645. The van der Waals surface area contributed by atoms with Crippen LogP contribution in [0.5, 0.6) is 0 Å². The molecule has 2 aromatic rings. The first-order valence-electron chi connectivity index (χ1n) is 11.4. The Morgan fingerprint density at radius 2 is 1.97 bits per heavy atom. The van der Waals surface area contributed by atoms with Crippen LogP contribution in [0.25, 0.3) is 0 Å². The van der Waals surface area contributed by atoms with Crippen molar-refractivity contribution in [2.24, 2.45) is 5.92 Å². The molecule has 1 heterocycles. The maximum absolute atomic E-state index is 14.3. The van der Waals surface area contributed by atoms with Gasteiger partial charge >= 0.3 is 0 Å². The lowest BCUT2D eigenvalue weighted by Crippen LogP contribution is -2.29. The van der Waals surface area contributed by atoms with E-state index in [0.29, 0.717) is 25.3 Å². The Kier molecular flexibility index (Phi) is 6.77. The molecule has 0 amide bonds. The van der Waals surface area contributed by atoms with E-state index in [1.807, 2.05) is 25.1 Å². The van der Waals surface area contributed by atoms with Crippen LogP contribution >= 0.6 is 0 Å². The number of hydrogen-bond acceptors (Lipinski definition) is 4. The molecule has 0 N–H and O–H groups in total. The molecular weight excluding hydrogens is 414 g/mol. The van der Waals surface area contributed by atoms with Crippen molar-refractivity contribution in [3.05, 3.63) is 52.8 Å². The zero-order chi connectivity index (χ0) is 22.9. The number of halogens is 2. The maximum atomic E-state index is 14.3. The van der Waals surface area contributed by atoms with Crippen LogP contribution in [0.1, 0.15) is 67.0 Å². The average molecular weight is 447 g/mol. The average Bonchev–Trinajstić information content (AvgIpc) is 3.35. The molecule has 0 aliphatic heterocycles. The first-order chi connectivity index (χ1) is 15.3. The summed E-state index contributed by atoms with van der Waals surface area (Å²) in [7, 11) is 1.63. The van der Waals surface area contributed by atoms with Gasteiger partial charge in [0.2, 0.25) is 0 Å². The van der Waals surface area contributed by atoms with Crippen molar-refractivity contribution in [1.29, 1.82) is 0 Å². The molecule has 2 unspecified atom stereocenters. The van der Waals surface area contributed by atoms with E-state index >= 15 is 0 Å². The normalized spacial score (nSPS) is 23.6. The van der Waals surface area contributed by atoms with Crippen LogP contribution in [0.15, 0.2) is 30.3 Å². The summed E-state index contributed by atoms with van der Waals surface area (Å²) in [5, 5.41) is 4.41. The van der Waals surface area contributed by atoms with Gasteiger partial charge in [-0.2, -0.15) is 13.9 Å². The molecule has 0 saturated heterocycles. The van der Waals surface area contributed by atoms with E-state index < -0.39 is 5.92 Å². The zero-order valence-corrected chi connectivity index (χ0v) is 19.0. The molecule has 1 aromatic heterocycles. The summed E-state index contributed by atoms with van der Waals surface area (Å²) in [5.41, 5.74) is 2.68. The fraction of sp³-hybridized carbons (Fsp3) is 0.600. The Morgan fingerprint density at radius 3 is 2.62 bits per heavy atom. The molecule has 0 radical (unpaired) electrons. The maximum Gasteiger partial charge on any atom is 0.286 e. The Labute approximate surface area is 188 Å². The molecule has 1 aromatic carbocycles. The molecule has 2 saturated carbocycles. The van der Waals surface area contributed by atoms with E-state index in [9.17, 15) is 13.6 Å². The minimum Gasteiger partial charge on any atom is -0.382 e. The van der Waals surface area contributed by atoms with E-state index in [1.54, 1.807) is 7.11 Å². The van der Waals surface area contributed by atoms with Gasteiger partial charge in [-0.3, -0.25) is 9.48 Å². The van der Waals surface area contributed by atoms with Crippen LogP contribution in [0, 0.1) is 12.8 Å². The summed E-state index contributed by atoms with van der Waals surface area (Å²) in [6.07, 6.45) is 3.26. The Balaban J connectivity index is 1.58. The van der Waals surface area contributed by atoms with Crippen molar-refractivity contribution >= 4 is 5.78 Å². The lowest BCUT2D eigenvalue weighted by atomic mass is 9.84. The van der Waals surface area contributed by atoms with E-state index in [2.05, 4.69) is 11.2 Å². The molecule has 2 aliphatic carbocycles. The van der Waals surface area contributed by atoms with Gasteiger partial charge in [-0.1, -0.05) is 29.8 Å².